The molecule has 0 bridgehead atoms. The molecule has 2 atom stereocenters. The van der Waals surface area contributed by atoms with E-state index in [9.17, 15) is 9.90 Å². The second-order valence-corrected chi connectivity index (χ2v) is 4.79. The largest absolute Gasteiger partial charge is 0.394 e. The molecule has 2 rings (SSSR count). The lowest BCUT2D eigenvalue weighted by Gasteiger charge is -2.20. The second-order valence-electron chi connectivity index (χ2n) is 4.79. The van der Waals surface area contributed by atoms with Crippen LogP contribution in [0.3, 0.4) is 0 Å². The molecule has 3 heteroatoms. The van der Waals surface area contributed by atoms with Gasteiger partial charge in [0.05, 0.1) is 18.6 Å². The number of carbonyl (C=O) groups excluding carboxylic acids is 1. The number of hydrogen-bond donors (Lipinski definition) is 2. The first-order chi connectivity index (χ1) is 9.72. The van der Waals surface area contributed by atoms with E-state index in [0.717, 1.165) is 11.1 Å². The summed E-state index contributed by atoms with van der Waals surface area (Å²) in [5, 5.41) is 12.4. The van der Waals surface area contributed by atoms with E-state index in [2.05, 4.69) is 5.32 Å². The average Bonchev–Trinajstić information content (AvgIpc) is 2.53. The molecule has 0 saturated carbocycles. The molecule has 0 saturated heterocycles. The molecule has 3 nitrogen and oxygen atoms in total. The maximum absolute atomic E-state index is 12.3. The van der Waals surface area contributed by atoms with Gasteiger partial charge in [0.25, 0.3) is 0 Å². The fraction of sp³-hybridized carbons (Fsp3) is 0.235. The van der Waals surface area contributed by atoms with Crippen molar-refractivity contribution in [3.05, 3.63) is 71.8 Å². The van der Waals surface area contributed by atoms with E-state index in [1.807, 2.05) is 67.6 Å². The first-order valence-corrected chi connectivity index (χ1v) is 6.73. The van der Waals surface area contributed by atoms with E-state index in [-0.39, 0.29) is 24.5 Å². The third-order valence-corrected chi connectivity index (χ3v) is 3.39. The summed E-state index contributed by atoms with van der Waals surface area (Å²) in [5.41, 5.74) is 1.87. The van der Waals surface area contributed by atoms with Crippen molar-refractivity contribution >= 4 is 5.91 Å². The van der Waals surface area contributed by atoms with Crippen LogP contribution in [0.1, 0.15) is 30.0 Å². The molecular weight excluding hydrogens is 250 g/mol. The highest BCUT2D eigenvalue weighted by Crippen LogP contribution is 2.18. The Morgan fingerprint density at radius 1 is 1.00 bits per heavy atom. The van der Waals surface area contributed by atoms with Gasteiger partial charge in [-0.2, -0.15) is 0 Å². The monoisotopic (exact) mass is 269 g/mol. The highest BCUT2D eigenvalue weighted by atomic mass is 16.3. The summed E-state index contributed by atoms with van der Waals surface area (Å²) < 4.78 is 0. The zero-order valence-corrected chi connectivity index (χ0v) is 11.5. The van der Waals surface area contributed by atoms with E-state index in [1.165, 1.54) is 0 Å². The minimum absolute atomic E-state index is 0.0842. The van der Waals surface area contributed by atoms with Crippen LogP contribution in [-0.2, 0) is 4.79 Å². The SMILES string of the molecule is CC(C(=O)N[C@H](CO)c1ccccc1)c1ccccc1. The lowest BCUT2D eigenvalue weighted by molar-refractivity contribution is -0.123. The van der Waals surface area contributed by atoms with Crippen LogP contribution in [0.15, 0.2) is 60.7 Å². The zero-order chi connectivity index (χ0) is 14.4. The van der Waals surface area contributed by atoms with Gasteiger partial charge in [0.1, 0.15) is 0 Å². The Bertz CT molecular complexity index is 539. The van der Waals surface area contributed by atoms with Crippen LogP contribution in [0, 0.1) is 0 Å². The van der Waals surface area contributed by atoms with Gasteiger partial charge in [-0.1, -0.05) is 60.7 Å². The van der Waals surface area contributed by atoms with Crippen LogP contribution < -0.4 is 5.32 Å². The van der Waals surface area contributed by atoms with Crippen LogP contribution in [-0.4, -0.2) is 17.6 Å². The van der Waals surface area contributed by atoms with Crippen molar-refractivity contribution in [2.24, 2.45) is 0 Å². The van der Waals surface area contributed by atoms with Crippen molar-refractivity contribution in [3.63, 3.8) is 0 Å². The first-order valence-electron chi connectivity index (χ1n) is 6.73. The highest BCUT2D eigenvalue weighted by Gasteiger charge is 2.19. The summed E-state index contributed by atoms with van der Waals surface area (Å²) >= 11 is 0. The van der Waals surface area contributed by atoms with E-state index in [1.54, 1.807) is 0 Å². The van der Waals surface area contributed by atoms with Gasteiger partial charge in [-0.15, -0.1) is 0 Å². The maximum atomic E-state index is 12.3. The molecule has 2 N–H and O–H groups in total. The van der Waals surface area contributed by atoms with E-state index < -0.39 is 0 Å². The van der Waals surface area contributed by atoms with Crippen molar-refractivity contribution < 1.29 is 9.90 Å². The van der Waals surface area contributed by atoms with Crippen molar-refractivity contribution in [2.45, 2.75) is 18.9 Å². The number of nitrogens with one attached hydrogen (secondary N) is 1. The summed E-state index contributed by atoms with van der Waals surface area (Å²) in [4.78, 5) is 12.3. The first kappa shape index (κ1) is 14.3. The number of rotatable bonds is 5. The number of aliphatic hydroxyl groups excluding tert-OH is 1. The Labute approximate surface area is 119 Å². The Balaban J connectivity index is 2.06. The predicted molar refractivity (Wildman–Crippen MR) is 79.3 cm³/mol. The van der Waals surface area contributed by atoms with Crippen molar-refractivity contribution in [2.75, 3.05) is 6.61 Å². The van der Waals surface area contributed by atoms with Gasteiger partial charge in [0.15, 0.2) is 0 Å². The molecule has 0 aliphatic rings. The molecule has 0 aliphatic heterocycles. The number of carbonyl (C=O) groups is 1. The Kier molecular flexibility index (Phi) is 4.91. The molecule has 2 aromatic carbocycles. The summed E-state index contributed by atoms with van der Waals surface area (Å²) in [5.74, 6) is -0.326. The standard InChI is InChI=1S/C17H19NO2/c1-13(14-8-4-2-5-9-14)17(20)18-16(12-19)15-10-6-3-7-11-15/h2-11,13,16,19H,12H2,1H3,(H,18,20)/t13?,16-/m1/s1. The molecule has 0 spiro atoms. The van der Waals surface area contributed by atoms with Crippen molar-refractivity contribution in [1.29, 1.82) is 0 Å². The van der Waals surface area contributed by atoms with Crippen LogP contribution in [0.5, 0.6) is 0 Å². The number of amides is 1. The third kappa shape index (κ3) is 3.45. The molecule has 1 amide bonds. The molecular formula is C17H19NO2. The second kappa shape index (κ2) is 6.87. The quantitative estimate of drug-likeness (QED) is 0.876. The lowest BCUT2D eigenvalue weighted by atomic mass is 9.99. The van der Waals surface area contributed by atoms with Crippen LogP contribution in [0.4, 0.5) is 0 Å². The molecule has 1 unspecified atom stereocenters. The van der Waals surface area contributed by atoms with Gasteiger partial charge >= 0.3 is 0 Å². The van der Waals surface area contributed by atoms with Crippen LogP contribution >= 0.6 is 0 Å². The number of aliphatic hydroxyl groups is 1. The summed E-state index contributed by atoms with van der Waals surface area (Å²) in [7, 11) is 0. The Hall–Kier alpha value is -2.13. The van der Waals surface area contributed by atoms with Crippen LogP contribution in [0.25, 0.3) is 0 Å². The van der Waals surface area contributed by atoms with Gasteiger partial charge in [-0.25, -0.2) is 0 Å². The highest BCUT2D eigenvalue weighted by molar-refractivity contribution is 5.83. The van der Waals surface area contributed by atoms with E-state index in [4.69, 9.17) is 0 Å². The minimum Gasteiger partial charge on any atom is -0.394 e. The van der Waals surface area contributed by atoms with Crippen molar-refractivity contribution in [3.8, 4) is 0 Å². The Morgan fingerprint density at radius 3 is 2.00 bits per heavy atom. The van der Waals surface area contributed by atoms with Gasteiger partial charge in [0.2, 0.25) is 5.91 Å². The Morgan fingerprint density at radius 2 is 1.50 bits per heavy atom. The topological polar surface area (TPSA) is 49.3 Å². The molecule has 0 radical (unpaired) electrons. The fourth-order valence-corrected chi connectivity index (χ4v) is 2.11. The minimum atomic E-state index is -0.366. The maximum Gasteiger partial charge on any atom is 0.227 e. The van der Waals surface area contributed by atoms with Gasteiger partial charge in [0, 0.05) is 0 Å². The number of hydrogen-bond acceptors (Lipinski definition) is 2. The van der Waals surface area contributed by atoms with E-state index in [0.29, 0.717) is 0 Å². The number of benzene rings is 2. The molecule has 2 aromatic rings. The normalized spacial score (nSPS) is 13.5. The molecule has 0 heterocycles. The molecule has 0 aromatic heterocycles. The van der Waals surface area contributed by atoms with E-state index >= 15 is 0 Å². The summed E-state index contributed by atoms with van der Waals surface area (Å²) in [6.45, 7) is 1.75. The van der Waals surface area contributed by atoms with Gasteiger partial charge < -0.3 is 10.4 Å². The van der Waals surface area contributed by atoms with Crippen LogP contribution in [0.2, 0.25) is 0 Å². The lowest BCUT2D eigenvalue weighted by Crippen LogP contribution is -2.33. The fourth-order valence-electron chi connectivity index (χ4n) is 2.11. The zero-order valence-electron chi connectivity index (χ0n) is 11.5. The molecule has 104 valence electrons. The average molecular weight is 269 g/mol. The van der Waals surface area contributed by atoms with Gasteiger partial charge in [-0.3, -0.25) is 4.79 Å². The molecule has 20 heavy (non-hydrogen) atoms. The smallest absolute Gasteiger partial charge is 0.227 e. The van der Waals surface area contributed by atoms with Gasteiger partial charge in [-0.05, 0) is 18.1 Å². The van der Waals surface area contributed by atoms with Crippen molar-refractivity contribution in [1.82, 2.24) is 5.32 Å². The predicted octanol–water partition coefficient (Wildman–Crippen LogP) is 2.64. The molecule has 0 fully saturated rings. The summed E-state index contributed by atoms with van der Waals surface area (Å²) in [6.07, 6.45) is 0. The third-order valence-electron chi connectivity index (χ3n) is 3.39. The molecule has 0 aliphatic carbocycles. The summed E-state index contributed by atoms with van der Waals surface area (Å²) in [6, 6.07) is 18.7.